The predicted octanol–water partition coefficient (Wildman–Crippen LogP) is 1.69. The zero-order valence-corrected chi connectivity index (χ0v) is 11.2. The summed E-state index contributed by atoms with van der Waals surface area (Å²) < 4.78 is 0. The minimum absolute atomic E-state index is 0.108. The third-order valence-electron chi connectivity index (χ3n) is 3.61. The number of rotatable bonds is 5. The van der Waals surface area contributed by atoms with Gasteiger partial charge in [0, 0.05) is 32.0 Å². The quantitative estimate of drug-likeness (QED) is 0.830. The number of carbonyl (C=O) groups is 1. The molecule has 1 heterocycles. The molecular formula is C15H22N2O. The molecule has 3 nitrogen and oxygen atoms in total. The van der Waals surface area contributed by atoms with E-state index in [9.17, 15) is 4.79 Å². The number of hydrogen-bond acceptors (Lipinski definition) is 2. The Hall–Kier alpha value is -1.35. The van der Waals surface area contributed by atoms with Crippen molar-refractivity contribution in [2.45, 2.75) is 25.7 Å². The lowest BCUT2D eigenvalue weighted by molar-refractivity contribution is -0.122. The number of carbonyl (C=O) groups excluding carboxylic acids is 1. The molecule has 0 radical (unpaired) electrons. The van der Waals surface area contributed by atoms with E-state index >= 15 is 0 Å². The van der Waals surface area contributed by atoms with E-state index in [4.69, 9.17) is 0 Å². The molecule has 2 N–H and O–H groups in total. The number of hydrogen-bond donors (Lipinski definition) is 2. The highest BCUT2D eigenvalue weighted by Gasteiger charge is 2.25. The number of benzene rings is 1. The first-order valence-corrected chi connectivity index (χ1v) is 6.61. The van der Waals surface area contributed by atoms with Crippen LogP contribution >= 0.6 is 0 Å². The van der Waals surface area contributed by atoms with Gasteiger partial charge >= 0.3 is 0 Å². The fourth-order valence-electron chi connectivity index (χ4n) is 2.21. The van der Waals surface area contributed by atoms with Crippen molar-refractivity contribution in [3.8, 4) is 0 Å². The van der Waals surface area contributed by atoms with Crippen molar-refractivity contribution in [3.05, 3.63) is 35.9 Å². The molecule has 0 bridgehead atoms. The summed E-state index contributed by atoms with van der Waals surface area (Å²) in [5, 5.41) is 6.24. The summed E-state index contributed by atoms with van der Waals surface area (Å²) in [6.07, 6.45) is 0.539. The molecule has 0 atom stereocenters. The standard InChI is InChI=1S/C15H22N2O/c1-15(2,13-6-4-3-5-7-13)8-14(18)17-11-12-9-16-10-12/h3-7,12,16H,8-11H2,1-2H3,(H,17,18). The first-order chi connectivity index (χ1) is 8.58. The van der Waals surface area contributed by atoms with Gasteiger partial charge < -0.3 is 10.6 Å². The predicted molar refractivity (Wildman–Crippen MR) is 73.5 cm³/mol. The third-order valence-corrected chi connectivity index (χ3v) is 3.61. The highest BCUT2D eigenvalue weighted by Crippen LogP contribution is 2.26. The van der Waals surface area contributed by atoms with E-state index in [1.807, 2.05) is 18.2 Å². The van der Waals surface area contributed by atoms with Gasteiger partial charge in [0.1, 0.15) is 0 Å². The first kappa shape index (κ1) is 13.1. The maximum Gasteiger partial charge on any atom is 0.220 e. The fraction of sp³-hybridized carbons (Fsp3) is 0.533. The van der Waals surface area contributed by atoms with E-state index in [0.29, 0.717) is 12.3 Å². The van der Waals surface area contributed by atoms with Gasteiger partial charge in [-0.05, 0) is 11.0 Å². The van der Waals surface area contributed by atoms with Crippen LogP contribution < -0.4 is 10.6 Å². The lowest BCUT2D eigenvalue weighted by Crippen LogP contribution is -2.48. The molecule has 0 aromatic heterocycles. The van der Waals surface area contributed by atoms with Crippen molar-refractivity contribution in [2.24, 2.45) is 5.92 Å². The molecule has 1 saturated heterocycles. The molecule has 1 aliphatic heterocycles. The zero-order chi connectivity index (χ0) is 13.0. The normalized spacial score (nSPS) is 16.1. The molecule has 1 fully saturated rings. The molecule has 2 rings (SSSR count). The van der Waals surface area contributed by atoms with Crippen molar-refractivity contribution in [3.63, 3.8) is 0 Å². The zero-order valence-electron chi connectivity index (χ0n) is 11.2. The van der Waals surface area contributed by atoms with Crippen LogP contribution in [0.4, 0.5) is 0 Å². The topological polar surface area (TPSA) is 41.1 Å². The molecule has 0 unspecified atom stereocenters. The lowest BCUT2D eigenvalue weighted by Gasteiger charge is -2.29. The summed E-state index contributed by atoms with van der Waals surface area (Å²) in [5.74, 6) is 0.768. The van der Waals surface area contributed by atoms with Gasteiger partial charge in [-0.3, -0.25) is 4.79 Å². The van der Waals surface area contributed by atoms with Crippen molar-refractivity contribution in [1.29, 1.82) is 0 Å². The van der Waals surface area contributed by atoms with Crippen molar-refractivity contribution in [2.75, 3.05) is 19.6 Å². The number of amides is 1. The van der Waals surface area contributed by atoms with Gasteiger partial charge in [-0.1, -0.05) is 44.2 Å². The fourth-order valence-corrected chi connectivity index (χ4v) is 2.21. The molecule has 1 amide bonds. The largest absolute Gasteiger partial charge is 0.356 e. The molecule has 1 aliphatic rings. The Labute approximate surface area is 109 Å². The summed E-state index contributed by atoms with van der Waals surface area (Å²) in [7, 11) is 0. The summed E-state index contributed by atoms with van der Waals surface area (Å²) in [6, 6.07) is 10.2. The van der Waals surface area contributed by atoms with E-state index in [0.717, 1.165) is 19.6 Å². The smallest absolute Gasteiger partial charge is 0.220 e. The van der Waals surface area contributed by atoms with Crippen LogP contribution in [0.25, 0.3) is 0 Å². The summed E-state index contributed by atoms with van der Waals surface area (Å²) in [5.41, 5.74) is 1.11. The highest BCUT2D eigenvalue weighted by molar-refractivity contribution is 5.77. The first-order valence-electron chi connectivity index (χ1n) is 6.61. The number of nitrogens with one attached hydrogen (secondary N) is 2. The Balaban J connectivity index is 1.85. The van der Waals surface area contributed by atoms with Gasteiger partial charge in [0.25, 0.3) is 0 Å². The van der Waals surface area contributed by atoms with Crippen LogP contribution in [0.1, 0.15) is 25.8 Å². The third kappa shape index (κ3) is 3.33. The Bertz CT molecular complexity index is 396. The second kappa shape index (κ2) is 5.53. The van der Waals surface area contributed by atoms with Crippen LogP contribution in [0.15, 0.2) is 30.3 Å². The lowest BCUT2D eigenvalue weighted by atomic mass is 9.81. The van der Waals surface area contributed by atoms with Crippen LogP contribution in [0, 0.1) is 5.92 Å². The average molecular weight is 246 g/mol. The molecule has 98 valence electrons. The van der Waals surface area contributed by atoms with Crippen molar-refractivity contribution >= 4 is 5.91 Å². The molecule has 18 heavy (non-hydrogen) atoms. The van der Waals surface area contributed by atoms with Gasteiger partial charge in [-0.15, -0.1) is 0 Å². The second-order valence-electron chi connectivity index (χ2n) is 5.76. The van der Waals surface area contributed by atoms with E-state index in [1.54, 1.807) is 0 Å². The molecule has 0 saturated carbocycles. The van der Waals surface area contributed by atoms with Gasteiger partial charge in [0.05, 0.1) is 0 Å². The molecular weight excluding hydrogens is 224 g/mol. The Morgan fingerprint density at radius 2 is 2.00 bits per heavy atom. The monoisotopic (exact) mass is 246 g/mol. The van der Waals surface area contributed by atoms with E-state index in [-0.39, 0.29) is 11.3 Å². The maximum absolute atomic E-state index is 11.9. The van der Waals surface area contributed by atoms with E-state index in [1.165, 1.54) is 5.56 Å². The SMILES string of the molecule is CC(C)(CC(=O)NCC1CNC1)c1ccccc1. The van der Waals surface area contributed by atoms with Crippen LogP contribution in [0.5, 0.6) is 0 Å². The van der Waals surface area contributed by atoms with E-state index < -0.39 is 0 Å². The maximum atomic E-state index is 11.9. The van der Waals surface area contributed by atoms with Crippen molar-refractivity contribution in [1.82, 2.24) is 10.6 Å². The van der Waals surface area contributed by atoms with Crippen LogP contribution in [-0.2, 0) is 10.2 Å². The Morgan fingerprint density at radius 3 is 2.56 bits per heavy atom. The molecule has 1 aromatic carbocycles. The Kier molecular flexibility index (Phi) is 4.02. The van der Waals surface area contributed by atoms with Crippen molar-refractivity contribution < 1.29 is 4.79 Å². The van der Waals surface area contributed by atoms with Crippen LogP contribution in [0.3, 0.4) is 0 Å². The molecule has 0 aliphatic carbocycles. The molecule has 1 aromatic rings. The summed E-state index contributed by atoms with van der Waals surface area (Å²) in [6.45, 7) is 7.10. The average Bonchev–Trinajstić information content (AvgIpc) is 2.27. The minimum Gasteiger partial charge on any atom is -0.356 e. The second-order valence-corrected chi connectivity index (χ2v) is 5.76. The van der Waals surface area contributed by atoms with Gasteiger partial charge in [0.15, 0.2) is 0 Å². The highest BCUT2D eigenvalue weighted by atomic mass is 16.1. The molecule has 0 spiro atoms. The summed E-state index contributed by atoms with van der Waals surface area (Å²) in [4.78, 5) is 11.9. The van der Waals surface area contributed by atoms with Gasteiger partial charge in [-0.25, -0.2) is 0 Å². The van der Waals surface area contributed by atoms with Gasteiger partial charge in [-0.2, -0.15) is 0 Å². The van der Waals surface area contributed by atoms with Gasteiger partial charge in [0.2, 0.25) is 5.91 Å². The van der Waals surface area contributed by atoms with Crippen LogP contribution in [-0.4, -0.2) is 25.5 Å². The van der Waals surface area contributed by atoms with Crippen LogP contribution in [0.2, 0.25) is 0 Å². The molecule has 3 heteroatoms. The summed E-state index contributed by atoms with van der Waals surface area (Å²) >= 11 is 0. The Morgan fingerprint density at radius 1 is 1.33 bits per heavy atom. The van der Waals surface area contributed by atoms with E-state index in [2.05, 4.69) is 36.6 Å². The minimum atomic E-state index is -0.108.